The molecule has 3 aromatic rings. The first kappa shape index (κ1) is 21.7. The first-order valence-corrected chi connectivity index (χ1v) is 11.0. The molecule has 1 aromatic heterocycles. The maximum absolute atomic E-state index is 13.0. The number of H-pyrrole nitrogens is 1. The number of unbranched alkanes of at least 4 members (excludes halogenated alkanes) is 1. The number of aromatic amines is 1. The number of urea groups is 1. The monoisotopic (exact) mass is 435 g/mol. The summed E-state index contributed by atoms with van der Waals surface area (Å²) in [6.07, 6.45) is 1.89. The van der Waals surface area contributed by atoms with Crippen LogP contribution < -0.4 is 20.3 Å². The van der Waals surface area contributed by atoms with Crippen LogP contribution in [-0.4, -0.2) is 29.3 Å². The van der Waals surface area contributed by atoms with Gasteiger partial charge in [-0.15, -0.1) is 0 Å². The molecule has 1 aliphatic rings. The van der Waals surface area contributed by atoms with Crippen LogP contribution in [0.15, 0.2) is 41.2 Å². The fourth-order valence-corrected chi connectivity index (χ4v) is 4.00. The smallest absolute Gasteiger partial charge is 0.318 e. The van der Waals surface area contributed by atoms with Gasteiger partial charge in [-0.05, 0) is 61.0 Å². The molecule has 0 aliphatic carbocycles. The van der Waals surface area contributed by atoms with Crippen LogP contribution in [0, 0.1) is 13.8 Å². The Morgan fingerprint density at radius 3 is 2.72 bits per heavy atom. The van der Waals surface area contributed by atoms with Crippen molar-refractivity contribution < 1.29 is 14.3 Å². The van der Waals surface area contributed by atoms with E-state index in [2.05, 4.69) is 17.2 Å². The van der Waals surface area contributed by atoms with Gasteiger partial charge in [-0.2, -0.15) is 0 Å². The molecule has 0 radical (unpaired) electrons. The molecule has 168 valence electrons. The van der Waals surface area contributed by atoms with Gasteiger partial charge in [0.05, 0.1) is 12.1 Å². The molecule has 0 saturated heterocycles. The quantitative estimate of drug-likeness (QED) is 0.539. The summed E-state index contributed by atoms with van der Waals surface area (Å²) >= 11 is 0. The van der Waals surface area contributed by atoms with Gasteiger partial charge >= 0.3 is 6.03 Å². The van der Waals surface area contributed by atoms with E-state index in [9.17, 15) is 9.59 Å². The van der Waals surface area contributed by atoms with Crippen molar-refractivity contribution in [3.8, 4) is 11.5 Å². The van der Waals surface area contributed by atoms with Gasteiger partial charge in [0.25, 0.3) is 5.56 Å². The fourth-order valence-electron chi connectivity index (χ4n) is 4.00. The van der Waals surface area contributed by atoms with Crippen LogP contribution >= 0.6 is 0 Å². The van der Waals surface area contributed by atoms with E-state index >= 15 is 0 Å². The molecule has 2 heterocycles. The first-order valence-electron chi connectivity index (χ1n) is 11.0. The maximum atomic E-state index is 13.0. The topological polar surface area (TPSA) is 83.7 Å². The lowest BCUT2D eigenvalue weighted by molar-refractivity contribution is 0.173. The van der Waals surface area contributed by atoms with Gasteiger partial charge in [-0.1, -0.05) is 31.0 Å². The van der Waals surface area contributed by atoms with Gasteiger partial charge in [0.1, 0.15) is 0 Å². The first-order chi connectivity index (χ1) is 15.4. The second-order valence-corrected chi connectivity index (χ2v) is 8.30. The molecular weight excluding hydrogens is 406 g/mol. The number of carbonyl (C=O) groups excluding carboxylic acids is 1. The van der Waals surface area contributed by atoms with Crippen molar-refractivity contribution in [1.29, 1.82) is 0 Å². The summed E-state index contributed by atoms with van der Waals surface area (Å²) in [5, 5.41) is 3.93. The number of nitrogens with zero attached hydrogens (tertiary/aromatic N) is 1. The summed E-state index contributed by atoms with van der Waals surface area (Å²) in [5.41, 5.74) is 4.26. The van der Waals surface area contributed by atoms with Gasteiger partial charge in [0.15, 0.2) is 11.5 Å². The molecule has 0 saturated carbocycles. The lowest BCUT2D eigenvalue weighted by Crippen LogP contribution is -2.40. The minimum absolute atomic E-state index is 0.179. The molecule has 1 aliphatic heterocycles. The van der Waals surface area contributed by atoms with Crippen molar-refractivity contribution in [2.24, 2.45) is 0 Å². The van der Waals surface area contributed by atoms with Crippen LogP contribution in [0.5, 0.6) is 11.5 Å². The van der Waals surface area contributed by atoms with Gasteiger partial charge < -0.3 is 24.7 Å². The van der Waals surface area contributed by atoms with Crippen LogP contribution in [0.4, 0.5) is 4.79 Å². The predicted molar refractivity (Wildman–Crippen MR) is 124 cm³/mol. The number of aromatic nitrogens is 1. The molecular formula is C25H29N3O4. The molecule has 7 nitrogen and oxygen atoms in total. The third-order valence-corrected chi connectivity index (χ3v) is 5.64. The second-order valence-electron chi connectivity index (χ2n) is 8.30. The number of benzene rings is 2. The highest BCUT2D eigenvalue weighted by Crippen LogP contribution is 2.33. The Balaban J connectivity index is 1.63. The molecule has 0 bridgehead atoms. The van der Waals surface area contributed by atoms with E-state index in [1.54, 1.807) is 4.90 Å². The van der Waals surface area contributed by atoms with Crippen molar-refractivity contribution in [3.63, 3.8) is 0 Å². The zero-order chi connectivity index (χ0) is 22.7. The predicted octanol–water partition coefficient (Wildman–Crippen LogP) is 4.39. The van der Waals surface area contributed by atoms with Crippen molar-refractivity contribution in [2.45, 2.75) is 46.7 Å². The number of nitrogens with one attached hydrogen (secondary N) is 2. The average Bonchev–Trinajstić information content (AvgIpc) is 3.22. The largest absolute Gasteiger partial charge is 0.454 e. The maximum Gasteiger partial charge on any atom is 0.318 e. The second kappa shape index (κ2) is 9.34. The van der Waals surface area contributed by atoms with Crippen LogP contribution in [0.2, 0.25) is 0 Å². The molecule has 0 unspecified atom stereocenters. The lowest BCUT2D eigenvalue weighted by Gasteiger charge is -2.23. The summed E-state index contributed by atoms with van der Waals surface area (Å²) in [7, 11) is 0. The molecule has 0 spiro atoms. The normalized spacial score (nSPS) is 12.2. The van der Waals surface area contributed by atoms with E-state index in [1.165, 1.54) is 0 Å². The Bertz CT molecular complexity index is 1200. The third kappa shape index (κ3) is 4.72. The van der Waals surface area contributed by atoms with Crippen LogP contribution in [-0.2, 0) is 13.1 Å². The Hall–Kier alpha value is -3.48. The van der Waals surface area contributed by atoms with Gasteiger partial charge in [0, 0.05) is 18.7 Å². The number of pyridine rings is 1. The number of hydrogen-bond donors (Lipinski definition) is 2. The SMILES string of the molecule is CCCCNC(=O)N(Cc1ccc2c(c1)OCO2)Cc1cc2cc(C)cc(C)c2[nH]c1=O. The van der Waals surface area contributed by atoms with Crippen molar-refractivity contribution in [3.05, 3.63) is 69.0 Å². The zero-order valence-electron chi connectivity index (χ0n) is 18.8. The molecule has 7 heteroatoms. The highest BCUT2D eigenvalue weighted by Gasteiger charge is 2.19. The number of hydrogen-bond acceptors (Lipinski definition) is 4. The van der Waals surface area contributed by atoms with Crippen LogP contribution in [0.1, 0.15) is 42.0 Å². The zero-order valence-corrected chi connectivity index (χ0v) is 18.8. The minimum Gasteiger partial charge on any atom is -0.454 e. The highest BCUT2D eigenvalue weighted by atomic mass is 16.7. The van der Waals surface area contributed by atoms with E-state index in [4.69, 9.17) is 9.47 Å². The van der Waals surface area contributed by atoms with Crippen molar-refractivity contribution >= 4 is 16.9 Å². The van der Waals surface area contributed by atoms with E-state index in [-0.39, 0.29) is 24.9 Å². The number of aryl methyl sites for hydroxylation is 2. The van der Waals surface area contributed by atoms with Crippen molar-refractivity contribution in [1.82, 2.24) is 15.2 Å². The number of ether oxygens (including phenoxy) is 2. The standard InChI is InChI=1S/C25H29N3O4/c1-4-5-8-26-25(30)28(13-18-6-7-21-22(11-18)32-15-31-21)14-20-12-19-10-16(2)9-17(3)23(19)27-24(20)29/h6-7,9-12H,4-5,8,13-15H2,1-3H3,(H,26,30)(H,27,29). The Labute approximate surface area is 187 Å². The van der Waals surface area contributed by atoms with E-state index < -0.39 is 0 Å². The van der Waals surface area contributed by atoms with Crippen LogP contribution in [0.3, 0.4) is 0 Å². The van der Waals surface area contributed by atoms with Gasteiger partial charge in [0.2, 0.25) is 6.79 Å². The average molecular weight is 436 g/mol. The van der Waals surface area contributed by atoms with Crippen LogP contribution in [0.25, 0.3) is 10.9 Å². The molecule has 0 fully saturated rings. The molecule has 2 amide bonds. The molecule has 32 heavy (non-hydrogen) atoms. The molecule has 0 atom stereocenters. The van der Waals surface area contributed by atoms with E-state index in [0.717, 1.165) is 40.4 Å². The summed E-state index contributed by atoms with van der Waals surface area (Å²) in [4.78, 5) is 30.5. The van der Waals surface area contributed by atoms with E-state index in [1.807, 2.05) is 50.2 Å². The van der Waals surface area contributed by atoms with Gasteiger partial charge in [-0.25, -0.2) is 4.79 Å². The summed E-state index contributed by atoms with van der Waals surface area (Å²) in [6.45, 7) is 7.44. The fraction of sp³-hybridized carbons (Fsp3) is 0.360. The summed E-state index contributed by atoms with van der Waals surface area (Å²) < 4.78 is 10.9. The number of fused-ring (bicyclic) bond motifs is 2. The Kier molecular flexibility index (Phi) is 6.35. The van der Waals surface area contributed by atoms with Gasteiger partial charge in [-0.3, -0.25) is 4.79 Å². The molecule has 2 N–H and O–H groups in total. The minimum atomic E-state index is -0.198. The summed E-state index contributed by atoms with van der Waals surface area (Å²) in [6, 6.07) is 11.4. The number of rotatable bonds is 7. The Morgan fingerprint density at radius 2 is 1.91 bits per heavy atom. The lowest BCUT2D eigenvalue weighted by atomic mass is 10.0. The molecule has 4 rings (SSSR count). The number of amides is 2. The molecule has 2 aromatic carbocycles. The van der Waals surface area contributed by atoms with Crippen molar-refractivity contribution in [2.75, 3.05) is 13.3 Å². The Morgan fingerprint density at radius 1 is 1.09 bits per heavy atom. The van der Waals surface area contributed by atoms with E-state index in [0.29, 0.717) is 30.2 Å². The summed E-state index contributed by atoms with van der Waals surface area (Å²) in [5.74, 6) is 1.37. The highest BCUT2D eigenvalue weighted by molar-refractivity contribution is 5.83. The third-order valence-electron chi connectivity index (χ3n) is 5.64. The number of carbonyl (C=O) groups is 1.